The van der Waals surface area contributed by atoms with E-state index >= 15 is 0 Å². The van der Waals surface area contributed by atoms with Gasteiger partial charge in [-0.2, -0.15) is 18.2 Å². The van der Waals surface area contributed by atoms with Gasteiger partial charge in [0, 0.05) is 42.5 Å². The highest BCUT2D eigenvalue weighted by molar-refractivity contribution is 5.99. The Morgan fingerprint density at radius 2 is 1.77 bits per heavy atom. The number of hydrogen-bond donors (Lipinski definition) is 1. The second-order valence-electron chi connectivity index (χ2n) is 8.94. The van der Waals surface area contributed by atoms with Gasteiger partial charge >= 0.3 is 12.2 Å². The minimum Gasteiger partial charge on any atom is -0.336 e. The Labute approximate surface area is 220 Å². The maximum atomic E-state index is 13.9. The number of benzene rings is 1. The van der Waals surface area contributed by atoms with E-state index in [2.05, 4.69) is 30.4 Å². The molecular weight excluding hydrogens is 525 g/mol. The Kier molecular flexibility index (Phi) is 8.02. The van der Waals surface area contributed by atoms with Crippen LogP contribution in [0.4, 0.5) is 32.4 Å². The van der Waals surface area contributed by atoms with Crippen molar-refractivity contribution in [1.29, 1.82) is 0 Å². The molecule has 9 nitrogen and oxygen atoms in total. The van der Waals surface area contributed by atoms with Crippen LogP contribution in [-0.2, 0) is 6.18 Å². The van der Waals surface area contributed by atoms with Crippen molar-refractivity contribution in [2.75, 3.05) is 18.4 Å². The monoisotopic (exact) mass is 549 g/mol. The van der Waals surface area contributed by atoms with E-state index in [0.717, 1.165) is 12.1 Å². The van der Waals surface area contributed by atoms with Crippen molar-refractivity contribution < 1.29 is 31.6 Å². The van der Waals surface area contributed by atoms with Gasteiger partial charge in [-0.15, -0.1) is 0 Å². The number of carbonyl (C=O) groups is 1. The van der Waals surface area contributed by atoms with E-state index in [1.165, 1.54) is 24.0 Å². The minimum absolute atomic E-state index is 0.0630. The molecule has 206 valence electrons. The molecule has 1 aromatic carbocycles. The Morgan fingerprint density at radius 1 is 1.10 bits per heavy atom. The molecule has 0 unspecified atom stereocenters. The molecule has 0 saturated carbocycles. The van der Waals surface area contributed by atoms with Crippen LogP contribution in [0, 0.1) is 25.5 Å². The first-order valence-electron chi connectivity index (χ1n) is 11.9. The number of amides is 2. The third kappa shape index (κ3) is 6.62. The highest BCUT2D eigenvalue weighted by Crippen LogP contribution is 2.31. The van der Waals surface area contributed by atoms with Crippen LogP contribution < -0.4 is 10.2 Å². The Morgan fingerprint density at radius 3 is 2.41 bits per heavy atom. The standard InChI is InChI=1S/C25H24F5N7O2/c1-13-11-20(34-23(32-13)25(28,29)30)39-36-14(2)17-12-31-15(3)33-21(17)16-7-9-37(10-8-16)24(38)35-22-18(26)5-4-6-19(22)27/h4-6,11-12,16H,7-10H2,1-3H3,(H,35,38)/b36-14+. The Balaban J connectivity index is 1.47. The second kappa shape index (κ2) is 11.3. The van der Waals surface area contributed by atoms with E-state index in [4.69, 9.17) is 4.84 Å². The summed E-state index contributed by atoms with van der Waals surface area (Å²) in [6.45, 7) is 5.28. The fourth-order valence-corrected chi connectivity index (χ4v) is 4.11. The predicted molar refractivity (Wildman–Crippen MR) is 130 cm³/mol. The smallest absolute Gasteiger partial charge is 0.336 e. The lowest BCUT2D eigenvalue weighted by atomic mass is 9.90. The number of urea groups is 1. The summed E-state index contributed by atoms with van der Waals surface area (Å²) in [5, 5.41) is 6.24. The van der Waals surface area contributed by atoms with E-state index in [-0.39, 0.29) is 17.5 Å². The lowest BCUT2D eigenvalue weighted by Gasteiger charge is -2.32. The summed E-state index contributed by atoms with van der Waals surface area (Å²) in [6, 6.07) is 3.92. The number of rotatable bonds is 5. The topological polar surface area (TPSA) is 105 Å². The number of piperidine rings is 1. The molecule has 1 N–H and O–H groups in total. The molecule has 0 atom stereocenters. The number of anilines is 1. The number of nitrogens with one attached hydrogen (secondary N) is 1. The maximum Gasteiger partial charge on any atom is 0.451 e. The van der Waals surface area contributed by atoms with E-state index in [1.807, 2.05) is 0 Å². The summed E-state index contributed by atoms with van der Waals surface area (Å²) in [4.78, 5) is 34.8. The molecule has 1 saturated heterocycles. The molecule has 3 aromatic rings. The van der Waals surface area contributed by atoms with Gasteiger partial charge in [0.15, 0.2) is 0 Å². The highest BCUT2D eigenvalue weighted by Gasteiger charge is 2.35. The molecule has 0 bridgehead atoms. The molecule has 3 heterocycles. The van der Waals surface area contributed by atoms with Crippen molar-refractivity contribution >= 4 is 17.4 Å². The number of oxime groups is 1. The van der Waals surface area contributed by atoms with Gasteiger partial charge in [-0.25, -0.2) is 28.5 Å². The fraction of sp³-hybridized carbons (Fsp3) is 0.360. The van der Waals surface area contributed by atoms with Crippen LogP contribution in [0.2, 0.25) is 0 Å². The Hall–Kier alpha value is -4.23. The third-order valence-corrected chi connectivity index (χ3v) is 6.05. The molecule has 0 spiro atoms. The van der Waals surface area contributed by atoms with Crippen LogP contribution in [0.15, 0.2) is 35.6 Å². The lowest BCUT2D eigenvalue weighted by Crippen LogP contribution is -2.41. The van der Waals surface area contributed by atoms with Gasteiger partial charge in [0.2, 0.25) is 5.82 Å². The molecule has 39 heavy (non-hydrogen) atoms. The van der Waals surface area contributed by atoms with Crippen molar-refractivity contribution in [3.05, 3.63) is 70.7 Å². The number of hydrogen-bond acceptors (Lipinski definition) is 7. The normalized spacial score (nSPS) is 14.9. The molecule has 4 rings (SSSR count). The quantitative estimate of drug-likeness (QED) is 0.260. The number of carbonyl (C=O) groups excluding carboxylic acids is 1. The van der Waals surface area contributed by atoms with Crippen LogP contribution in [-0.4, -0.2) is 49.7 Å². The van der Waals surface area contributed by atoms with E-state index < -0.39 is 35.4 Å². The van der Waals surface area contributed by atoms with Gasteiger partial charge in [-0.05, 0) is 45.7 Å². The summed E-state index contributed by atoms with van der Waals surface area (Å²) < 4.78 is 66.9. The SMILES string of the molecule is C/C(=N\Oc1cc(C)nc(C(F)(F)F)n1)c1cnc(C)nc1C1CCN(C(=O)Nc2c(F)cccc2F)CC1. The minimum atomic E-state index is -4.74. The van der Waals surface area contributed by atoms with E-state index in [1.54, 1.807) is 20.0 Å². The number of nitrogens with zero attached hydrogens (tertiary/aromatic N) is 6. The second-order valence-corrected chi connectivity index (χ2v) is 8.94. The maximum absolute atomic E-state index is 13.9. The van der Waals surface area contributed by atoms with Crippen LogP contribution in [0.5, 0.6) is 5.88 Å². The fourth-order valence-electron chi connectivity index (χ4n) is 4.11. The number of para-hydroxylation sites is 1. The van der Waals surface area contributed by atoms with Crippen molar-refractivity contribution in [3.8, 4) is 5.88 Å². The summed E-state index contributed by atoms with van der Waals surface area (Å²) >= 11 is 0. The molecule has 2 aromatic heterocycles. The van der Waals surface area contributed by atoms with E-state index in [0.29, 0.717) is 48.7 Å². The van der Waals surface area contributed by atoms with Gasteiger partial charge in [-0.3, -0.25) is 0 Å². The zero-order chi connectivity index (χ0) is 28.3. The first-order chi connectivity index (χ1) is 18.4. The van der Waals surface area contributed by atoms with Crippen molar-refractivity contribution in [1.82, 2.24) is 24.8 Å². The molecule has 0 radical (unpaired) electrons. The molecule has 1 fully saturated rings. The molecule has 14 heteroatoms. The summed E-state index contributed by atoms with van der Waals surface area (Å²) in [5.41, 5.74) is 1.03. The van der Waals surface area contributed by atoms with Crippen LogP contribution in [0.25, 0.3) is 0 Å². The van der Waals surface area contributed by atoms with E-state index in [9.17, 15) is 26.7 Å². The Bertz CT molecular complexity index is 1390. The largest absolute Gasteiger partial charge is 0.451 e. The van der Waals surface area contributed by atoms with Crippen LogP contribution in [0.3, 0.4) is 0 Å². The van der Waals surface area contributed by atoms with Gasteiger partial charge in [0.1, 0.15) is 23.1 Å². The zero-order valence-corrected chi connectivity index (χ0v) is 21.2. The lowest BCUT2D eigenvalue weighted by molar-refractivity contribution is -0.145. The van der Waals surface area contributed by atoms with Crippen molar-refractivity contribution in [2.24, 2.45) is 5.16 Å². The van der Waals surface area contributed by atoms with Crippen LogP contribution >= 0.6 is 0 Å². The van der Waals surface area contributed by atoms with Gasteiger partial charge in [-0.1, -0.05) is 11.2 Å². The molecule has 2 amide bonds. The summed E-state index contributed by atoms with van der Waals surface area (Å²) in [5.74, 6) is -3.06. The van der Waals surface area contributed by atoms with Crippen LogP contribution in [0.1, 0.15) is 54.3 Å². The molecule has 1 aliphatic rings. The van der Waals surface area contributed by atoms with Crippen molar-refractivity contribution in [2.45, 2.75) is 45.7 Å². The number of alkyl halides is 3. The summed E-state index contributed by atoms with van der Waals surface area (Å²) in [6.07, 6.45) is -2.21. The first kappa shape index (κ1) is 27.8. The number of halogens is 5. The number of aromatic nitrogens is 4. The third-order valence-electron chi connectivity index (χ3n) is 6.05. The molecular formula is C25H24F5N7O2. The van der Waals surface area contributed by atoms with Gasteiger partial charge < -0.3 is 15.1 Å². The van der Waals surface area contributed by atoms with Crippen molar-refractivity contribution in [3.63, 3.8) is 0 Å². The molecule has 1 aliphatic heterocycles. The van der Waals surface area contributed by atoms with Gasteiger partial charge in [0.25, 0.3) is 5.88 Å². The van der Waals surface area contributed by atoms with Gasteiger partial charge in [0.05, 0.1) is 11.4 Å². The highest BCUT2D eigenvalue weighted by atomic mass is 19.4. The first-order valence-corrected chi connectivity index (χ1v) is 11.9. The predicted octanol–water partition coefficient (Wildman–Crippen LogP) is 5.39. The average Bonchev–Trinajstić information content (AvgIpc) is 2.88. The number of likely N-dealkylation sites (tertiary alicyclic amines) is 1. The number of aryl methyl sites for hydroxylation is 2. The summed E-state index contributed by atoms with van der Waals surface area (Å²) in [7, 11) is 0. The molecule has 0 aliphatic carbocycles. The zero-order valence-electron chi connectivity index (χ0n) is 21.2. The average molecular weight is 550 g/mol.